The standard InChI is InChI=1S/C12H17NO/c1-9-4-6-10(7-5-9)12(14)11-3-2-8-13-11/h4-7,11-14H,2-3,8H2,1H3/t11?,12-/m1/s1. The van der Waals surface area contributed by atoms with Crippen molar-refractivity contribution in [1.82, 2.24) is 5.32 Å². The summed E-state index contributed by atoms with van der Waals surface area (Å²) >= 11 is 0. The van der Waals surface area contributed by atoms with Gasteiger partial charge in [0, 0.05) is 6.04 Å². The first kappa shape index (κ1) is 9.69. The lowest BCUT2D eigenvalue weighted by molar-refractivity contribution is 0.137. The maximum Gasteiger partial charge on any atom is 0.0942 e. The summed E-state index contributed by atoms with van der Waals surface area (Å²) in [5.74, 6) is 0. The molecular weight excluding hydrogens is 174 g/mol. The Morgan fingerprint density at radius 2 is 2.07 bits per heavy atom. The van der Waals surface area contributed by atoms with E-state index in [1.807, 2.05) is 24.3 Å². The van der Waals surface area contributed by atoms with Gasteiger partial charge >= 0.3 is 0 Å². The van der Waals surface area contributed by atoms with Crippen molar-refractivity contribution in [3.8, 4) is 0 Å². The van der Waals surface area contributed by atoms with Crippen LogP contribution in [0.4, 0.5) is 0 Å². The molecule has 2 rings (SSSR count). The van der Waals surface area contributed by atoms with Crippen molar-refractivity contribution in [2.24, 2.45) is 0 Å². The van der Waals surface area contributed by atoms with E-state index in [1.54, 1.807) is 0 Å². The van der Waals surface area contributed by atoms with Crippen LogP contribution in [0.5, 0.6) is 0 Å². The molecule has 0 bridgehead atoms. The Balaban J connectivity index is 2.09. The average Bonchev–Trinajstić information content (AvgIpc) is 2.71. The third kappa shape index (κ3) is 1.97. The Morgan fingerprint density at radius 1 is 1.36 bits per heavy atom. The summed E-state index contributed by atoms with van der Waals surface area (Å²) in [6.45, 7) is 3.09. The van der Waals surface area contributed by atoms with Crippen molar-refractivity contribution >= 4 is 0 Å². The summed E-state index contributed by atoms with van der Waals surface area (Å²) in [6.07, 6.45) is 1.90. The minimum absolute atomic E-state index is 0.248. The maximum absolute atomic E-state index is 10.0. The number of hydrogen-bond donors (Lipinski definition) is 2. The monoisotopic (exact) mass is 191 g/mol. The van der Waals surface area contributed by atoms with Crippen molar-refractivity contribution in [1.29, 1.82) is 0 Å². The minimum atomic E-state index is -0.349. The fourth-order valence-electron chi connectivity index (χ4n) is 1.98. The Bertz CT molecular complexity index is 288. The summed E-state index contributed by atoms with van der Waals surface area (Å²) in [5.41, 5.74) is 2.26. The second kappa shape index (κ2) is 4.11. The molecule has 1 aliphatic rings. The average molecular weight is 191 g/mol. The van der Waals surface area contributed by atoms with E-state index in [0.717, 1.165) is 18.5 Å². The van der Waals surface area contributed by atoms with E-state index in [9.17, 15) is 5.11 Å². The number of rotatable bonds is 2. The van der Waals surface area contributed by atoms with Crippen LogP contribution in [0, 0.1) is 6.92 Å². The zero-order valence-corrected chi connectivity index (χ0v) is 8.53. The number of aryl methyl sites for hydroxylation is 1. The molecule has 0 aromatic heterocycles. The van der Waals surface area contributed by atoms with Crippen molar-refractivity contribution in [2.75, 3.05) is 6.54 Å². The van der Waals surface area contributed by atoms with Crippen molar-refractivity contribution in [3.63, 3.8) is 0 Å². The van der Waals surface area contributed by atoms with Crippen molar-refractivity contribution in [2.45, 2.75) is 31.9 Å². The van der Waals surface area contributed by atoms with Gasteiger partial charge in [-0.2, -0.15) is 0 Å². The lowest BCUT2D eigenvalue weighted by Gasteiger charge is -2.18. The molecule has 2 N–H and O–H groups in total. The molecule has 2 atom stereocenters. The predicted octanol–water partition coefficient (Wildman–Crippen LogP) is 1.78. The third-order valence-electron chi connectivity index (χ3n) is 2.90. The zero-order chi connectivity index (χ0) is 9.97. The highest BCUT2D eigenvalue weighted by molar-refractivity contribution is 5.24. The quantitative estimate of drug-likeness (QED) is 0.747. The SMILES string of the molecule is Cc1ccc([C@@H](O)C2CCCN2)cc1. The largest absolute Gasteiger partial charge is 0.387 e. The molecule has 0 spiro atoms. The summed E-state index contributed by atoms with van der Waals surface area (Å²) in [5, 5.41) is 13.4. The Hall–Kier alpha value is -0.860. The molecule has 1 heterocycles. The van der Waals surface area contributed by atoms with Gasteiger partial charge in [0.1, 0.15) is 0 Å². The number of nitrogens with one attached hydrogen (secondary N) is 1. The van der Waals surface area contributed by atoms with Gasteiger partial charge in [0.2, 0.25) is 0 Å². The summed E-state index contributed by atoms with van der Waals surface area (Å²) in [6, 6.07) is 8.37. The highest BCUT2D eigenvalue weighted by Crippen LogP contribution is 2.22. The van der Waals surface area contributed by atoms with Gasteiger partial charge in [0.15, 0.2) is 0 Å². The lowest BCUT2D eigenvalue weighted by Crippen LogP contribution is -2.28. The highest BCUT2D eigenvalue weighted by atomic mass is 16.3. The number of aliphatic hydroxyl groups is 1. The van der Waals surface area contributed by atoms with E-state index in [0.29, 0.717) is 0 Å². The van der Waals surface area contributed by atoms with Gasteiger partial charge < -0.3 is 10.4 Å². The van der Waals surface area contributed by atoms with Gasteiger partial charge in [-0.1, -0.05) is 29.8 Å². The molecule has 1 unspecified atom stereocenters. The number of aliphatic hydroxyl groups excluding tert-OH is 1. The van der Waals surface area contributed by atoms with Crippen LogP contribution in [-0.2, 0) is 0 Å². The Morgan fingerprint density at radius 3 is 2.64 bits per heavy atom. The topological polar surface area (TPSA) is 32.3 Å². The fourth-order valence-corrected chi connectivity index (χ4v) is 1.98. The Kier molecular flexibility index (Phi) is 2.85. The van der Waals surface area contributed by atoms with Crippen LogP contribution in [0.2, 0.25) is 0 Å². The van der Waals surface area contributed by atoms with Gasteiger partial charge in [-0.15, -0.1) is 0 Å². The molecule has 14 heavy (non-hydrogen) atoms. The minimum Gasteiger partial charge on any atom is -0.387 e. The summed E-state index contributed by atoms with van der Waals surface area (Å²) in [4.78, 5) is 0. The van der Waals surface area contributed by atoms with Gasteiger partial charge in [-0.3, -0.25) is 0 Å². The van der Waals surface area contributed by atoms with E-state index in [1.165, 1.54) is 12.0 Å². The summed E-state index contributed by atoms with van der Waals surface area (Å²) < 4.78 is 0. The second-order valence-corrected chi connectivity index (χ2v) is 4.06. The second-order valence-electron chi connectivity index (χ2n) is 4.06. The van der Waals surface area contributed by atoms with Crippen LogP contribution in [0.15, 0.2) is 24.3 Å². The molecule has 0 aliphatic carbocycles. The molecule has 1 aromatic rings. The van der Waals surface area contributed by atoms with E-state index in [2.05, 4.69) is 12.2 Å². The smallest absolute Gasteiger partial charge is 0.0942 e. The number of hydrogen-bond acceptors (Lipinski definition) is 2. The molecule has 2 nitrogen and oxygen atoms in total. The zero-order valence-electron chi connectivity index (χ0n) is 8.53. The third-order valence-corrected chi connectivity index (χ3v) is 2.90. The van der Waals surface area contributed by atoms with Crippen LogP contribution >= 0.6 is 0 Å². The maximum atomic E-state index is 10.0. The predicted molar refractivity (Wildman–Crippen MR) is 57.2 cm³/mol. The number of benzene rings is 1. The van der Waals surface area contributed by atoms with Crippen LogP contribution in [0.1, 0.15) is 30.1 Å². The fraction of sp³-hybridized carbons (Fsp3) is 0.500. The van der Waals surface area contributed by atoms with Crippen molar-refractivity contribution in [3.05, 3.63) is 35.4 Å². The normalized spacial score (nSPS) is 23.7. The van der Waals surface area contributed by atoms with Crippen LogP contribution in [0.3, 0.4) is 0 Å². The first-order valence-corrected chi connectivity index (χ1v) is 5.25. The molecule has 1 aliphatic heterocycles. The molecule has 0 saturated carbocycles. The van der Waals surface area contributed by atoms with Gasteiger partial charge in [-0.25, -0.2) is 0 Å². The highest BCUT2D eigenvalue weighted by Gasteiger charge is 2.23. The molecule has 0 radical (unpaired) electrons. The molecule has 76 valence electrons. The molecule has 2 heteroatoms. The van der Waals surface area contributed by atoms with Gasteiger partial charge in [0.25, 0.3) is 0 Å². The van der Waals surface area contributed by atoms with Crippen LogP contribution < -0.4 is 5.32 Å². The van der Waals surface area contributed by atoms with E-state index >= 15 is 0 Å². The van der Waals surface area contributed by atoms with Gasteiger partial charge in [0.05, 0.1) is 6.10 Å². The molecular formula is C12H17NO. The lowest BCUT2D eigenvalue weighted by atomic mass is 10.0. The van der Waals surface area contributed by atoms with Gasteiger partial charge in [-0.05, 0) is 31.9 Å². The van der Waals surface area contributed by atoms with E-state index in [4.69, 9.17) is 0 Å². The first-order chi connectivity index (χ1) is 6.77. The Labute approximate surface area is 85.0 Å². The molecule has 1 saturated heterocycles. The molecule has 1 fully saturated rings. The van der Waals surface area contributed by atoms with Crippen LogP contribution in [-0.4, -0.2) is 17.7 Å². The van der Waals surface area contributed by atoms with E-state index in [-0.39, 0.29) is 12.1 Å². The first-order valence-electron chi connectivity index (χ1n) is 5.25. The summed E-state index contributed by atoms with van der Waals surface area (Å²) in [7, 11) is 0. The molecule has 1 aromatic carbocycles. The van der Waals surface area contributed by atoms with Crippen molar-refractivity contribution < 1.29 is 5.11 Å². The van der Waals surface area contributed by atoms with Crippen LogP contribution in [0.25, 0.3) is 0 Å². The van der Waals surface area contributed by atoms with E-state index < -0.39 is 0 Å². The molecule has 0 amide bonds.